The van der Waals surface area contributed by atoms with Crippen molar-refractivity contribution in [2.75, 3.05) is 5.32 Å². The summed E-state index contributed by atoms with van der Waals surface area (Å²) < 4.78 is 0. The Bertz CT molecular complexity index is 585. The van der Waals surface area contributed by atoms with Crippen molar-refractivity contribution in [1.82, 2.24) is 10.3 Å². The highest BCUT2D eigenvalue weighted by Crippen LogP contribution is 2.04. The van der Waals surface area contributed by atoms with Crippen molar-refractivity contribution in [1.29, 1.82) is 0 Å². The van der Waals surface area contributed by atoms with Gasteiger partial charge in [0.2, 0.25) is 5.91 Å². The Hall–Kier alpha value is -2.69. The lowest BCUT2D eigenvalue weighted by Crippen LogP contribution is -2.41. The molecule has 1 unspecified atom stereocenters. The van der Waals surface area contributed by atoms with Gasteiger partial charge >= 0.3 is 0 Å². The van der Waals surface area contributed by atoms with Gasteiger partial charge in [-0.25, -0.2) is 0 Å². The third-order valence-electron chi connectivity index (χ3n) is 2.71. The molecule has 0 aliphatic rings. The maximum atomic E-state index is 11.9. The normalized spacial score (nSPS) is 11.4. The number of aromatic nitrogens is 1. The van der Waals surface area contributed by atoms with E-state index < -0.39 is 6.04 Å². The van der Waals surface area contributed by atoms with E-state index in [1.807, 2.05) is 6.07 Å². The minimum atomic E-state index is -0.636. The maximum absolute atomic E-state index is 11.9. The number of rotatable bonds is 4. The first-order chi connectivity index (χ1) is 9.66. The molecule has 2 amide bonds. The molecule has 1 aromatic heterocycles. The first-order valence-electron chi connectivity index (χ1n) is 6.23. The smallest absolute Gasteiger partial charge is 0.251 e. The quantitative estimate of drug-likeness (QED) is 0.889. The standard InChI is InChI=1S/C15H15N3O2/c1-11(14(19)18-13-8-5-9-16-10-13)17-15(20)12-6-3-2-4-7-12/h2-11H,1H3,(H,17,20)(H,18,19). The van der Waals surface area contributed by atoms with E-state index in [1.54, 1.807) is 55.7 Å². The van der Waals surface area contributed by atoms with Gasteiger partial charge < -0.3 is 10.6 Å². The Labute approximate surface area is 117 Å². The highest BCUT2D eigenvalue weighted by Gasteiger charge is 2.16. The van der Waals surface area contributed by atoms with Crippen molar-refractivity contribution in [2.24, 2.45) is 0 Å². The Morgan fingerprint density at radius 2 is 1.85 bits per heavy atom. The van der Waals surface area contributed by atoms with Crippen LogP contribution in [0.3, 0.4) is 0 Å². The van der Waals surface area contributed by atoms with Gasteiger partial charge in [0, 0.05) is 11.8 Å². The van der Waals surface area contributed by atoms with Crippen molar-refractivity contribution in [3.8, 4) is 0 Å². The van der Waals surface area contributed by atoms with Crippen molar-refractivity contribution in [3.63, 3.8) is 0 Å². The van der Waals surface area contributed by atoms with Gasteiger partial charge in [0.1, 0.15) is 6.04 Å². The number of nitrogens with zero attached hydrogens (tertiary/aromatic N) is 1. The molecule has 0 saturated heterocycles. The maximum Gasteiger partial charge on any atom is 0.251 e. The molecule has 0 fully saturated rings. The van der Waals surface area contributed by atoms with Crippen LogP contribution in [0.25, 0.3) is 0 Å². The zero-order chi connectivity index (χ0) is 14.4. The van der Waals surface area contributed by atoms with Crippen LogP contribution >= 0.6 is 0 Å². The lowest BCUT2D eigenvalue weighted by molar-refractivity contribution is -0.117. The number of amides is 2. The highest BCUT2D eigenvalue weighted by atomic mass is 16.2. The number of nitrogens with one attached hydrogen (secondary N) is 2. The van der Waals surface area contributed by atoms with E-state index in [0.29, 0.717) is 11.3 Å². The molecule has 0 saturated carbocycles. The predicted molar refractivity (Wildman–Crippen MR) is 76.2 cm³/mol. The van der Waals surface area contributed by atoms with Gasteiger partial charge in [0.05, 0.1) is 11.9 Å². The number of anilines is 1. The molecule has 1 heterocycles. The van der Waals surface area contributed by atoms with Crippen LogP contribution in [0, 0.1) is 0 Å². The van der Waals surface area contributed by atoms with Crippen molar-refractivity contribution >= 4 is 17.5 Å². The second-order valence-corrected chi connectivity index (χ2v) is 4.29. The summed E-state index contributed by atoms with van der Waals surface area (Å²) in [6.07, 6.45) is 3.17. The Morgan fingerprint density at radius 3 is 2.50 bits per heavy atom. The fraction of sp³-hybridized carbons (Fsp3) is 0.133. The van der Waals surface area contributed by atoms with E-state index in [-0.39, 0.29) is 11.8 Å². The molecule has 0 spiro atoms. The summed E-state index contributed by atoms with van der Waals surface area (Å²) in [4.78, 5) is 27.7. The summed E-state index contributed by atoms with van der Waals surface area (Å²) in [6.45, 7) is 1.63. The average Bonchev–Trinajstić information content (AvgIpc) is 2.49. The van der Waals surface area contributed by atoms with Crippen LogP contribution in [0.5, 0.6) is 0 Å². The molecular weight excluding hydrogens is 254 g/mol. The van der Waals surface area contributed by atoms with Crippen LogP contribution in [0.2, 0.25) is 0 Å². The first kappa shape index (κ1) is 13.7. The molecule has 1 aromatic carbocycles. The van der Waals surface area contributed by atoms with Gasteiger partial charge in [-0.15, -0.1) is 0 Å². The summed E-state index contributed by atoms with van der Waals surface area (Å²) in [5.74, 6) is -0.568. The van der Waals surface area contributed by atoms with Gasteiger partial charge in [0.15, 0.2) is 0 Å². The molecule has 5 nitrogen and oxygen atoms in total. The second kappa shape index (κ2) is 6.47. The van der Waals surface area contributed by atoms with Crippen LogP contribution < -0.4 is 10.6 Å². The van der Waals surface area contributed by atoms with E-state index in [0.717, 1.165) is 0 Å². The summed E-state index contributed by atoms with van der Waals surface area (Å²) in [6, 6.07) is 11.6. The topological polar surface area (TPSA) is 71.1 Å². The van der Waals surface area contributed by atoms with Gasteiger partial charge in [-0.1, -0.05) is 18.2 Å². The van der Waals surface area contributed by atoms with Gasteiger partial charge in [-0.2, -0.15) is 0 Å². The molecule has 2 aromatic rings. The predicted octanol–water partition coefficient (Wildman–Crippen LogP) is 1.84. The SMILES string of the molecule is CC(NC(=O)c1ccccc1)C(=O)Nc1cccnc1. The van der Waals surface area contributed by atoms with Crippen LogP contribution in [0.1, 0.15) is 17.3 Å². The zero-order valence-electron chi connectivity index (χ0n) is 11.0. The van der Waals surface area contributed by atoms with E-state index >= 15 is 0 Å². The molecule has 0 aliphatic carbocycles. The lowest BCUT2D eigenvalue weighted by Gasteiger charge is -2.14. The molecule has 20 heavy (non-hydrogen) atoms. The number of carbonyl (C=O) groups is 2. The van der Waals surface area contributed by atoms with Crippen molar-refractivity contribution in [3.05, 3.63) is 60.4 Å². The summed E-state index contributed by atoms with van der Waals surface area (Å²) in [5, 5.41) is 5.33. The number of pyridine rings is 1. The zero-order valence-corrected chi connectivity index (χ0v) is 11.0. The fourth-order valence-electron chi connectivity index (χ4n) is 1.62. The third-order valence-corrected chi connectivity index (χ3v) is 2.71. The molecule has 0 bridgehead atoms. The van der Waals surface area contributed by atoms with Gasteiger partial charge in [0.25, 0.3) is 5.91 Å². The van der Waals surface area contributed by atoms with E-state index in [9.17, 15) is 9.59 Å². The van der Waals surface area contributed by atoms with E-state index in [2.05, 4.69) is 15.6 Å². The van der Waals surface area contributed by atoms with E-state index in [1.165, 1.54) is 0 Å². The lowest BCUT2D eigenvalue weighted by atomic mass is 10.2. The number of hydrogen-bond donors (Lipinski definition) is 2. The molecule has 102 valence electrons. The highest BCUT2D eigenvalue weighted by molar-refractivity contribution is 6.00. The van der Waals surface area contributed by atoms with Crippen molar-refractivity contribution < 1.29 is 9.59 Å². The van der Waals surface area contributed by atoms with Crippen LogP contribution in [-0.2, 0) is 4.79 Å². The minimum Gasteiger partial charge on any atom is -0.341 e. The summed E-state index contributed by atoms with van der Waals surface area (Å²) in [5.41, 5.74) is 1.12. The summed E-state index contributed by atoms with van der Waals surface area (Å²) >= 11 is 0. The monoisotopic (exact) mass is 269 g/mol. The summed E-state index contributed by atoms with van der Waals surface area (Å²) in [7, 11) is 0. The molecule has 2 N–H and O–H groups in total. The molecular formula is C15H15N3O2. The average molecular weight is 269 g/mol. The number of hydrogen-bond acceptors (Lipinski definition) is 3. The van der Waals surface area contributed by atoms with Gasteiger partial charge in [-0.05, 0) is 31.2 Å². The van der Waals surface area contributed by atoms with Crippen LogP contribution in [0.15, 0.2) is 54.9 Å². The fourth-order valence-corrected chi connectivity index (χ4v) is 1.62. The third kappa shape index (κ3) is 3.65. The largest absolute Gasteiger partial charge is 0.341 e. The van der Waals surface area contributed by atoms with Crippen molar-refractivity contribution in [2.45, 2.75) is 13.0 Å². The number of benzene rings is 1. The van der Waals surface area contributed by atoms with E-state index in [4.69, 9.17) is 0 Å². The van der Waals surface area contributed by atoms with Gasteiger partial charge in [-0.3, -0.25) is 14.6 Å². The molecule has 0 aliphatic heterocycles. The number of carbonyl (C=O) groups excluding carboxylic acids is 2. The van der Waals surface area contributed by atoms with Crippen LogP contribution in [-0.4, -0.2) is 22.8 Å². The first-order valence-corrected chi connectivity index (χ1v) is 6.23. The molecule has 5 heteroatoms. The van der Waals surface area contributed by atoms with Crippen LogP contribution in [0.4, 0.5) is 5.69 Å². The molecule has 2 rings (SSSR count). The Kier molecular flexibility index (Phi) is 4.44. The Morgan fingerprint density at radius 1 is 1.10 bits per heavy atom. The molecule has 1 atom stereocenters. The second-order valence-electron chi connectivity index (χ2n) is 4.29. The minimum absolute atomic E-state index is 0.278. The Balaban J connectivity index is 1.93. The molecule has 0 radical (unpaired) electrons.